The van der Waals surface area contributed by atoms with E-state index in [1.807, 2.05) is 6.92 Å². The molecule has 0 aliphatic carbocycles. The first-order chi connectivity index (χ1) is 10.7. The molecular weight excluding hydrogens is 336 g/mol. The molecule has 0 aromatic carbocycles. The topological polar surface area (TPSA) is 65.7 Å². The maximum atomic E-state index is 12.1. The highest BCUT2D eigenvalue weighted by Crippen LogP contribution is 2.26. The summed E-state index contributed by atoms with van der Waals surface area (Å²) in [6.45, 7) is 7.57. The number of ketones is 1. The van der Waals surface area contributed by atoms with Crippen LogP contribution in [0, 0.1) is 5.41 Å². The number of esters is 1. The Morgan fingerprint density at radius 1 is 1.39 bits per heavy atom. The Balaban J connectivity index is 2.64. The smallest absolute Gasteiger partial charge is 0.312 e. The van der Waals surface area contributed by atoms with E-state index in [2.05, 4.69) is 0 Å². The second-order valence-electron chi connectivity index (χ2n) is 5.82. The number of carbonyl (C=O) groups excluding carboxylic acids is 2. The van der Waals surface area contributed by atoms with Crippen LogP contribution in [0.5, 0.6) is 0 Å². The number of hydrogen-bond acceptors (Lipinski definition) is 7. The SMILES string of the molecule is CCOC(=S)SC(CCC(=O)c1ccco1)OC(=O)C(C)(C)C. The second-order valence-corrected chi connectivity index (χ2v) is 7.59. The molecule has 0 fully saturated rings. The van der Waals surface area contributed by atoms with Crippen molar-refractivity contribution in [2.75, 3.05) is 6.61 Å². The molecule has 0 saturated heterocycles. The summed E-state index contributed by atoms with van der Waals surface area (Å²) < 4.78 is 16.1. The Morgan fingerprint density at radius 2 is 2.09 bits per heavy atom. The Kier molecular flexibility index (Phi) is 7.78. The van der Waals surface area contributed by atoms with E-state index < -0.39 is 10.9 Å². The predicted molar refractivity (Wildman–Crippen MR) is 93.4 cm³/mol. The van der Waals surface area contributed by atoms with Gasteiger partial charge in [-0.3, -0.25) is 9.59 Å². The molecule has 1 rings (SSSR count). The molecule has 0 spiro atoms. The number of rotatable bonds is 7. The fourth-order valence-corrected chi connectivity index (χ4v) is 2.72. The van der Waals surface area contributed by atoms with Crippen LogP contribution in [0.15, 0.2) is 22.8 Å². The maximum absolute atomic E-state index is 12.1. The molecule has 1 aromatic heterocycles. The molecule has 5 nitrogen and oxygen atoms in total. The largest absolute Gasteiger partial charge is 0.479 e. The van der Waals surface area contributed by atoms with Gasteiger partial charge < -0.3 is 13.9 Å². The molecule has 0 bridgehead atoms. The molecule has 7 heteroatoms. The van der Waals surface area contributed by atoms with Crippen molar-refractivity contribution in [1.82, 2.24) is 0 Å². The summed E-state index contributed by atoms with van der Waals surface area (Å²) in [5.74, 6) is -0.197. The number of carbonyl (C=O) groups is 2. The third-order valence-corrected chi connectivity index (χ3v) is 4.06. The summed E-state index contributed by atoms with van der Waals surface area (Å²) in [5, 5.41) is 0. The van der Waals surface area contributed by atoms with E-state index in [1.165, 1.54) is 6.26 Å². The van der Waals surface area contributed by atoms with E-state index in [4.69, 9.17) is 26.1 Å². The molecule has 0 radical (unpaired) electrons. The van der Waals surface area contributed by atoms with Crippen LogP contribution in [0.2, 0.25) is 0 Å². The van der Waals surface area contributed by atoms with E-state index >= 15 is 0 Å². The van der Waals surface area contributed by atoms with Gasteiger partial charge in [-0.25, -0.2) is 0 Å². The van der Waals surface area contributed by atoms with E-state index in [0.29, 0.717) is 23.2 Å². The molecule has 1 heterocycles. The highest BCUT2D eigenvalue weighted by Gasteiger charge is 2.28. The van der Waals surface area contributed by atoms with Crippen molar-refractivity contribution in [3.05, 3.63) is 24.2 Å². The normalized spacial score (nSPS) is 12.5. The van der Waals surface area contributed by atoms with E-state index in [9.17, 15) is 9.59 Å². The molecule has 1 aromatic rings. The standard InChI is InChI=1S/C16H22O5S2/c1-5-19-15(22)23-13(21-14(18)16(2,3)4)9-8-11(17)12-7-6-10-20-12/h6-7,10,13H,5,8-9H2,1-4H3. The van der Waals surface area contributed by atoms with E-state index in [0.717, 1.165) is 11.8 Å². The molecule has 0 aliphatic heterocycles. The summed E-state index contributed by atoms with van der Waals surface area (Å²) in [7, 11) is 0. The minimum atomic E-state index is -0.628. The van der Waals surface area contributed by atoms with Crippen LogP contribution in [0.4, 0.5) is 0 Å². The first-order valence-corrected chi connectivity index (χ1v) is 8.64. The Morgan fingerprint density at radius 3 is 2.61 bits per heavy atom. The van der Waals surface area contributed by atoms with Gasteiger partial charge in [0.2, 0.25) is 4.38 Å². The zero-order valence-corrected chi connectivity index (χ0v) is 15.4. The van der Waals surface area contributed by atoms with Crippen molar-refractivity contribution in [1.29, 1.82) is 0 Å². The number of thioether (sulfide) groups is 1. The van der Waals surface area contributed by atoms with Crippen LogP contribution in [-0.4, -0.2) is 28.2 Å². The lowest BCUT2D eigenvalue weighted by Gasteiger charge is -2.22. The summed E-state index contributed by atoms with van der Waals surface area (Å²) in [4.78, 5) is 24.1. The van der Waals surface area contributed by atoms with Gasteiger partial charge in [0.25, 0.3) is 0 Å². The number of Topliss-reactive ketones (excluding diaryl/α,β-unsaturated/α-hetero) is 1. The monoisotopic (exact) mass is 358 g/mol. The number of ether oxygens (including phenoxy) is 2. The van der Waals surface area contributed by atoms with Crippen molar-refractivity contribution >= 4 is 40.1 Å². The summed E-state index contributed by atoms with van der Waals surface area (Å²) >= 11 is 6.22. The van der Waals surface area contributed by atoms with Gasteiger partial charge in [0.1, 0.15) is 0 Å². The third-order valence-electron chi connectivity index (χ3n) is 2.74. The van der Waals surface area contributed by atoms with Gasteiger partial charge in [-0.15, -0.1) is 0 Å². The molecule has 1 unspecified atom stereocenters. The van der Waals surface area contributed by atoms with Gasteiger partial charge in [0.15, 0.2) is 17.0 Å². The minimum absolute atomic E-state index is 0.144. The van der Waals surface area contributed by atoms with Crippen molar-refractivity contribution in [2.45, 2.75) is 46.0 Å². The van der Waals surface area contributed by atoms with E-state index in [1.54, 1.807) is 32.9 Å². The molecule has 0 saturated carbocycles. The summed E-state index contributed by atoms with van der Waals surface area (Å²) in [6, 6.07) is 3.26. The average molecular weight is 358 g/mol. The highest BCUT2D eigenvalue weighted by molar-refractivity contribution is 8.22. The molecule has 0 N–H and O–H groups in total. The van der Waals surface area contributed by atoms with E-state index in [-0.39, 0.29) is 18.2 Å². The molecule has 0 aliphatic rings. The zero-order chi connectivity index (χ0) is 17.5. The van der Waals surface area contributed by atoms with Gasteiger partial charge in [-0.1, -0.05) is 0 Å². The molecule has 0 amide bonds. The van der Waals surface area contributed by atoms with Gasteiger partial charge in [-0.05, 0) is 63.8 Å². The fraction of sp³-hybridized carbons (Fsp3) is 0.562. The Bertz CT molecular complexity index is 531. The van der Waals surface area contributed by atoms with Crippen molar-refractivity contribution in [3.8, 4) is 0 Å². The van der Waals surface area contributed by atoms with Gasteiger partial charge >= 0.3 is 5.97 Å². The molecule has 23 heavy (non-hydrogen) atoms. The summed E-state index contributed by atoms with van der Waals surface area (Å²) in [5.41, 5.74) is -1.20. The average Bonchev–Trinajstić information content (AvgIpc) is 2.97. The third kappa shape index (κ3) is 7.18. The first kappa shape index (κ1) is 19.7. The number of thiocarbonyl (C=S) groups is 1. The van der Waals surface area contributed by atoms with Crippen LogP contribution in [0.3, 0.4) is 0 Å². The Hall–Kier alpha value is -1.34. The van der Waals surface area contributed by atoms with Crippen LogP contribution in [0.1, 0.15) is 51.1 Å². The lowest BCUT2D eigenvalue weighted by atomic mass is 9.97. The van der Waals surface area contributed by atoms with Crippen molar-refractivity contribution < 1.29 is 23.5 Å². The zero-order valence-electron chi connectivity index (χ0n) is 13.8. The van der Waals surface area contributed by atoms with Gasteiger partial charge in [0, 0.05) is 12.8 Å². The van der Waals surface area contributed by atoms with Crippen molar-refractivity contribution in [3.63, 3.8) is 0 Å². The van der Waals surface area contributed by atoms with Crippen LogP contribution in [0.25, 0.3) is 0 Å². The van der Waals surface area contributed by atoms with Crippen LogP contribution < -0.4 is 0 Å². The van der Waals surface area contributed by atoms with Crippen LogP contribution >= 0.6 is 24.0 Å². The predicted octanol–water partition coefficient (Wildman–Crippen LogP) is 4.21. The van der Waals surface area contributed by atoms with Gasteiger partial charge in [0.05, 0.1) is 18.3 Å². The minimum Gasteiger partial charge on any atom is -0.479 e. The fourth-order valence-electron chi connectivity index (χ4n) is 1.51. The number of furan rings is 1. The van der Waals surface area contributed by atoms with Crippen molar-refractivity contribution in [2.24, 2.45) is 5.41 Å². The lowest BCUT2D eigenvalue weighted by Crippen LogP contribution is -2.28. The lowest BCUT2D eigenvalue weighted by molar-refractivity contribution is -0.154. The second kappa shape index (κ2) is 9.08. The molecule has 1 atom stereocenters. The molecule has 128 valence electrons. The maximum Gasteiger partial charge on any atom is 0.312 e. The highest BCUT2D eigenvalue weighted by atomic mass is 32.2. The van der Waals surface area contributed by atoms with Crippen LogP contribution in [-0.2, 0) is 14.3 Å². The Labute approximate surface area is 146 Å². The quantitative estimate of drug-likeness (QED) is 0.313. The van der Waals surface area contributed by atoms with Gasteiger partial charge in [-0.2, -0.15) is 0 Å². The first-order valence-electron chi connectivity index (χ1n) is 7.35. The summed E-state index contributed by atoms with van der Waals surface area (Å²) in [6.07, 6.45) is 1.97. The molecular formula is C16H22O5S2. The number of hydrogen-bond donors (Lipinski definition) is 0.